The number of nitrogens with two attached hydrogens (primary N) is 3. The standard InChI is InChI=1S/C50H77N13O15S/c1-26(2)20-34(59-48(76)38(25-65)62-46(74)35(56-39(68)23-51)21-29-10-7-6-8-11-29)45(73)61-37(24-64)47(75)58-32(12-9-18-54-50(52)53)42(70)60-36(22-30-13-15-31(67)16-14-30)44(72)55-27(3)41(69)57-33(17-19-79-5)43(71)63-40(28(4)66)49(77)78/h6-8,10-11,13-16,26-28,32-38,40,64-67H,9,12,17-25,51H2,1-5H3,(H,55,72)(H,56,68)(H,57,69)(H,58,75)(H,59,76)(H,60,70)(H,61,73)(H,62,74)(H,63,71)(H,77,78)(H4,52,53,54)/t27-,28+,32-,33-,34-,35-,36-,37-,38-,40-/m0/s1. The molecule has 0 fully saturated rings. The molecule has 9 amide bonds. The van der Waals surface area contributed by atoms with Crippen LogP contribution in [-0.2, 0) is 60.8 Å². The van der Waals surface area contributed by atoms with Crippen LogP contribution in [0.25, 0.3) is 0 Å². The van der Waals surface area contributed by atoms with Crippen molar-refractivity contribution >= 4 is 76.9 Å². The molecule has 0 unspecified atom stereocenters. The number of thioether (sulfide) groups is 1. The number of hydrogen-bond acceptors (Lipinski definition) is 17. The molecule has 2 aromatic carbocycles. The molecule has 28 nitrogen and oxygen atoms in total. The van der Waals surface area contributed by atoms with Crippen molar-refractivity contribution in [2.45, 2.75) is 127 Å². The molecule has 0 radical (unpaired) electrons. The Bertz CT molecular complexity index is 2380. The van der Waals surface area contributed by atoms with E-state index in [1.165, 1.54) is 43.0 Å². The van der Waals surface area contributed by atoms with Gasteiger partial charge in [-0.15, -0.1) is 0 Å². The number of guanidine groups is 1. The molecule has 20 N–H and O–H groups in total. The minimum Gasteiger partial charge on any atom is -0.508 e. The van der Waals surface area contributed by atoms with Gasteiger partial charge in [0.25, 0.3) is 0 Å². The lowest BCUT2D eigenvalue weighted by Crippen LogP contribution is -2.61. The summed E-state index contributed by atoms with van der Waals surface area (Å²) in [6.07, 6.45) is -0.204. The number of aromatic hydroxyl groups is 1. The van der Waals surface area contributed by atoms with Crippen LogP contribution in [0.3, 0.4) is 0 Å². The zero-order valence-electron chi connectivity index (χ0n) is 44.7. The largest absolute Gasteiger partial charge is 0.508 e. The second-order valence-corrected chi connectivity index (χ2v) is 19.8. The van der Waals surface area contributed by atoms with Crippen molar-refractivity contribution in [2.24, 2.45) is 28.1 Å². The minimum atomic E-state index is -1.77. The van der Waals surface area contributed by atoms with Crippen LogP contribution in [0.4, 0.5) is 0 Å². The number of amides is 9. The third-order valence-electron chi connectivity index (χ3n) is 11.7. The molecule has 0 spiro atoms. The maximum atomic E-state index is 14.3. The highest BCUT2D eigenvalue weighted by Crippen LogP contribution is 2.14. The zero-order chi connectivity index (χ0) is 59.4. The predicted octanol–water partition coefficient (Wildman–Crippen LogP) is -5.18. The van der Waals surface area contributed by atoms with Crippen molar-refractivity contribution in [1.82, 2.24) is 47.9 Å². The third-order valence-corrected chi connectivity index (χ3v) is 12.4. The molecular formula is C50H77N13O15S. The van der Waals surface area contributed by atoms with Gasteiger partial charge in [-0.2, -0.15) is 11.8 Å². The number of carboxylic acid groups (broad SMARTS) is 1. The minimum absolute atomic E-state index is 0.00758. The number of aliphatic hydroxyl groups excluding tert-OH is 3. The maximum Gasteiger partial charge on any atom is 0.328 e. The number of aliphatic carboxylic acids is 1. The Morgan fingerprint density at radius 3 is 1.52 bits per heavy atom. The highest BCUT2D eigenvalue weighted by molar-refractivity contribution is 7.98. The SMILES string of the molecule is CSCC[C@H](NC(=O)[C@H](C)NC(=O)[C@H](Cc1ccc(O)cc1)NC(=O)[C@H](CCCN=C(N)N)NC(=O)[C@H](CO)NC(=O)[C@H](CC(C)C)NC(=O)[C@H](CO)NC(=O)[C@H](Cc1ccccc1)NC(=O)CN)C(=O)N[C@H](C(=O)O)[C@@H](C)O. The molecule has 29 heteroatoms. The fourth-order valence-corrected chi connectivity index (χ4v) is 7.91. The van der Waals surface area contributed by atoms with Crippen LogP contribution < -0.4 is 65.1 Å². The number of rotatable bonds is 35. The van der Waals surface area contributed by atoms with Crippen LogP contribution in [0.2, 0.25) is 0 Å². The smallest absolute Gasteiger partial charge is 0.328 e. The van der Waals surface area contributed by atoms with E-state index >= 15 is 0 Å². The molecule has 0 aromatic heterocycles. The summed E-state index contributed by atoms with van der Waals surface area (Å²) in [5.74, 6) is -10.2. The number of nitrogens with zero attached hydrogens (tertiary/aromatic N) is 1. The molecule has 438 valence electrons. The normalized spacial score (nSPS) is 14.8. The molecule has 0 saturated heterocycles. The number of aliphatic imine (C=N–C) groups is 1. The van der Waals surface area contributed by atoms with Crippen LogP contribution in [0, 0.1) is 5.92 Å². The van der Waals surface area contributed by atoms with Gasteiger partial charge in [0, 0.05) is 19.4 Å². The van der Waals surface area contributed by atoms with Gasteiger partial charge in [-0.3, -0.25) is 48.1 Å². The van der Waals surface area contributed by atoms with E-state index in [0.29, 0.717) is 16.9 Å². The van der Waals surface area contributed by atoms with Gasteiger partial charge in [0.1, 0.15) is 54.1 Å². The van der Waals surface area contributed by atoms with E-state index in [-0.39, 0.29) is 62.7 Å². The van der Waals surface area contributed by atoms with Gasteiger partial charge >= 0.3 is 5.97 Å². The fourth-order valence-electron chi connectivity index (χ4n) is 7.44. The number of phenolic OH excluding ortho intramolecular Hbond substituents is 1. The summed E-state index contributed by atoms with van der Waals surface area (Å²) >= 11 is 1.32. The predicted molar refractivity (Wildman–Crippen MR) is 290 cm³/mol. The van der Waals surface area contributed by atoms with Crippen molar-refractivity contribution in [2.75, 3.05) is 38.3 Å². The quantitative estimate of drug-likeness (QED) is 0.0174. The molecule has 0 aliphatic heterocycles. The molecule has 2 rings (SSSR count). The highest BCUT2D eigenvalue weighted by Gasteiger charge is 2.35. The maximum absolute atomic E-state index is 14.3. The van der Waals surface area contributed by atoms with Gasteiger partial charge in [-0.1, -0.05) is 56.3 Å². The molecule has 0 aliphatic carbocycles. The summed E-state index contributed by atoms with van der Waals surface area (Å²) in [5, 5.41) is 71.8. The lowest BCUT2D eigenvalue weighted by atomic mass is 10.0. The Morgan fingerprint density at radius 1 is 0.570 bits per heavy atom. The van der Waals surface area contributed by atoms with Crippen LogP contribution in [0.15, 0.2) is 59.6 Å². The number of phenols is 1. The summed E-state index contributed by atoms with van der Waals surface area (Å²) in [6.45, 7) is 3.39. The Labute approximate surface area is 461 Å². The van der Waals surface area contributed by atoms with Crippen LogP contribution in [0.5, 0.6) is 5.75 Å². The van der Waals surface area contributed by atoms with Crippen LogP contribution >= 0.6 is 11.8 Å². The van der Waals surface area contributed by atoms with E-state index in [1.54, 1.807) is 50.4 Å². The van der Waals surface area contributed by atoms with Crippen molar-refractivity contribution in [3.05, 3.63) is 65.7 Å². The van der Waals surface area contributed by atoms with Gasteiger partial charge < -0.3 is 90.6 Å². The van der Waals surface area contributed by atoms with E-state index < -0.39 is 139 Å². The van der Waals surface area contributed by atoms with Crippen molar-refractivity contribution < 1.29 is 73.5 Å². The van der Waals surface area contributed by atoms with E-state index in [1.807, 2.05) is 0 Å². The van der Waals surface area contributed by atoms with Gasteiger partial charge in [0.05, 0.1) is 25.9 Å². The number of hydrogen-bond donors (Lipinski definition) is 17. The van der Waals surface area contributed by atoms with Gasteiger partial charge in [-0.25, -0.2) is 4.79 Å². The molecule has 0 bridgehead atoms. The highest BCUT2D eigenvalue weighted by atomic mass is 32.2. The monoisotopic (exact) mass is 1130 g/mol. The molecule has 10 atom stereocenters. The number of carbonyl (C=O) groups is 10. The summed E-state index contributed by atoms with van der Waals surface area (Å²) < 4.78 is 0. The van der Waals surface area contributed by atoms with Crippen molar-refractivity contribution in [3.63, 3.8) is 0 Å². The average molecular weight is 1130 g/mol. The van der Waals surface area contributed by atoms with Gasteiger partial charge in [0.15, 0.2) is 12.0 Å². The third kappa shape index (κ3) is 24.7. The number of benzene rings is 2. The molecule has 2 aromatic rings. The zero-order valence-corrected chi connectivity index (χ0v) is 45.5. The van der Waals surface area contributed by atoms with Crippen molar-refractivity contribution in [1.29, 1.82) is 0 Å². The topological polar surface area (TPSA) is 471 Å². The van der Waals surface area contributed by atoms with E-state index in [4.69, 9.17) is 17.2 Å². The number of carbonyl (C=O) groups excluding carboxylic acids is 9. The summed E-state index contributed by atoms with van der Waals surface area (Å²) in [6, 6.07) is 0.639. The van der Waals surface area contributed by atoms with Crippen molar-refractivity contribution in [3.8, 4) is 5.75 Å². The Kier molecular flexibility index (Phi) is 29.9. The second-order valence-electron chi connectivity index (χ2n) is 18.8. The summed E-state index contributed by atoms with van der Waals surface area (Å²) in [7, 11) is 0. The molecule has 79 heavy (non-hydrogen) atoms. The number of carboxylic acids is 1. The Hall–Kier alpha value is -7.60. The van der Waals surface area contributed by atoms with E-state index in [0.717, 1.165) is 6.92 Å². The van der Waals surface area contributed by atoms with E-state index in [2.05, 4.69) is 52.8 Å². The van der Waals surface area contributed by atoms with E-state index in [9.17, 15) is 73.5 Å². The number of nitrogens with one attached hydrogen (secondary N) is 9. The molecular weight excluding hydrogens is 1050 g/mol. The lowest BCUT2D eigenvalue weighted by molar-refractivity contribution is -0.145. The first-order valence-electron chi connectivity index (χ1n) is 25.2. The first-order chi connectivity index (χ1) is 37.3. The first kappa shape index (κ1) is 67.5. The van der Waals surface area contributed by atoms with Gasteiger partial charge in [0.2, 0.25) is 53.2 Å². The number of aliphatic hydroxyl groups is 3. The molecule has 0 aliphatic rings. The van der Waals surface area contributed by atoms with Gasteiger partial charge in [-0.05, 0) is 80.7 Å². The first-order valence-corrected chi connectivity index (χ1v) is 26.6. The lowest BCUT2D eigenvalue weighted by Gasteiger charge is -2.28. The average Bonchev–Trinajstić information content (AvgIpc) is 3.41. The fraction of sp³-hybridized carbons (Fsp3) is 0.540. The van der Waals surface area contributed by atoms with Crippen LogP contribution in [0.1, 0.15) is 64.5 Å². The summed E-state index contributed by atoms with van der Waals surface area (Å²) in [5.41, 5.74) is 17.5. The molecule has 0 heterocycles. The Morgan fingerprint density at radius 2 is 1.01 bits per heavy atom. The van der Waals surface area contributed by atoms with Crippen LogP contribution in [-0.4, -0.2) is 189 Å². The Balaban J connectivity index is 2.39. The second kappa shape index (κ2) is 35.0. The molecule has 0 saturated carbocycles. The summed E-state index contributed by atoms with van der Waals surface area (Å²) in [4.78, 5) is 138.